The van der Waals surface area contributed by atoms with Gasteiger partial charge in [-0.3, -0.25) is 4.79 Å². The number of carbonyl (C=O) groups excluding carboxylic acids is 1. The molecule has 2 aromatic carbocycles. The fraction of sp³-hybridized carbons (Fsp3) is 0.273. The lowest BCUT2D eigenvalue weighted by Crippen LogP contribution is -2.37. The molecule has 1 aliphatic heterocycles. The van der Waals surface area contributed by atoms with Gasteiger partial charge in [-0.15, -0.1) is 0 Å². The first kappa shape index (κ1) is 17.5. The first-order valence-electron chi connectivity index (χ1n) is 9.17. The molecule has 1 amide bonds. The summed E-state index contributed by atoms with van der Waals surface area (Å²) in [6, 6.07) is 14.7. The second-order valence-corrected chi connectivity index (χ2v) is 7.13. The van der Waals surface area contributed by atoms with Crippen LogP contribution >= 0.6 is 0 Å². The Balaban J connectivity index is 1.66. The summed E-state index contributed by atoms with van der Waals surface area (Å²) >= 11 is 0. The Bertz CT molecular complexity index is 1020. The third-order valence-corrected chi connectivity index (χ3v) is 5.33. The van der Waals surface area contributed by atoms with E-state index >= 15 is 0 Å². The van der Waals surface area contributed by atoms with E-state index in [1.54, 1.807) is 22.9 Å². The smallest absolute Gasteiger partial charge is 0.231 e. The molecule has 27 heavy (non-hydrogen) atoms. The minimum atomic E-state index is -0.330. The molecule has 4 rings (SSSR count). The summed E-state index contributed by atoms with van der Waals surface area (Å²) in [6.45, 7) is 5.82. The van der Waals surface area contributed by atoms with Crippen LogP contribution in [0.15, 0.2) is 48.5 Å². The highest BCUT2D eigenvalue weighted by atomic mass is 19.1. The predicted octanol–water partition coefficient (Wildman–Crippen LogP) is 4.15. The lowest BCUT2D eigenvalue weighted by Gasteiger charge is -2.23. The van der Waals surface area contributed by atoms with E-state index in [0.29, 0.717) is 5.69 Å². The summed E-state index contributed by atoms with van der Waals surface area (Å²) < 4.78 is 15.8. The highest BCUT2D eigenvalue weighted by molar-refractivity contribution is 5.97. The van der Waals surface area contributed by atoms with Gasteiger partial charge < -0.3 is 4.90 Å². The van der Waals surface area contributed by atoms with Gasteiger partial charge in [-0.05, 0) is 51.0 Å². The number of hydrogen-bond donors (Lipinski definition) is 0. The number of amides is 1. The highest BCUT2D eigenvalue weighted by Gasteiger charge is 2.31. The summed E-state index contributed by atoms with van der Waals surface area (Å²) in [5.74, 6) is -0.283. The Kier molecular flexibility index (Phi) is 4.30. The summed E-state index contributed by atoms with van der Waals surface area (Å²) in [5, 5.41) is 4.49. The minimum absolute atomic E-state index is 0.0479. The number of aromatic nitrogens is 2. The topological polar surface area (TPSA) is 38.1 Å². The molecule has 1 atom stereocenters. The van der Waals surface area contributed by atoms with Crippen LogP contribution in [0.4, 0.5) is 10.1 Å². The number of aryl methyl sites for hydroxylation is 1. The first-order valence-corrected chi connectivity index (χ1v) is 9.17. The maximum absolute atomic E-state index is 14.2. The van der Waals surface area contributed by atoms with E-state index in [-0.39, 0.29) is 24.2 Å². The van der Waals surface area contributed by atoms with Gasteiger partial charge in [0.25, 0.3) is 0 Å². The van der Waals surface area contributed by atoms with Crippen molar-refractivity contribution in [3.05, 3.63) is 76.9 Å². The van der Waals surface area contributed by atoms with Crippen molar-refractivity contribution < 1.29 is 9.18 Å². The summed E-state index contributed by atoms with van der Waals surface area (Å²) in [7, 11) is 0. The molecule has 1 aromatic heterocycles. The third kappa shape index (κ3) is 2.93. The van der Waals surface area contributed by atoms with Gasteiger partial charge in [-0.2, -0.15) is 5.10 Å². The molecule has 0 aliphatic carbocycles. The summed E-state index contributed by atoms with van der Waals surface area (Å²) in [5.41, 5.74) is 5.01. The molecule has 1 unspecified atom stereocenters. The number of rotatable bonds is 3. The highest BCUT2D eigenvalue weighted by Crippen LogP contribution is 2.32. The van der Waals surface area contributed by atoms with Crippen LogP contribution in [0.25, 0.3) is 5.69 Å². The van der Waals surface area contributed by atoms with Crippen LogP contribution in [0.5, 0.6) is 0 Å². The molecule has 2 heterocycles. The SMILES string of the molecule is Cc1nn(-c2ccccc2F)c(C)c1CC(=O)N1c2ccccc2CC1C. The zero-order valence-electron chi connectivity index (χ0n) is 15.7. The Labute approximate surface area is 158 Å². The van der Waals surface area contributed by atoms with E-state index in [4.69, 9.17) is 0 Å². The van der Waals surface area contributed by atoms with Crippen molar-refractivity contribution in [3.8, 4) is 5.69 Å². The lowest BCUT2D eigenvalue weighted by atomic mass is 10.1. The van der Waals surface area contributed by atoms with Crippen molar-refractivity contribution in [2.75, 3.05) is 4.90 Å². The zero-order chi connectivity index (χ0) is 19.1. The van der Waals surface area contributed by atoms with Crippen LogP contribution in [-0.4, -0.2) is 21.7 Å². The van der Waals surface area contributed by atoms with Crippen LogP contribution in [-0.2, 0) is 17.6 Å². The molecule has 0 bridgehead atoms. The molecule has 0 spiro atoms. The average Bonchev–Trinajstić information content (AvgIpc) is 3.12. The van der Waals surface area contributed by atoms with Crippen molar-refractivity contribution in [2.24, 2.45) is 0 Å². The van der Waals surface area contributed by atoms with Crippen molar-refractivity contribution in [1.82, 2.24) is 9.78 Å². The van der Waals surface area contributed by atoms with Crippen LogP contribution in [0, 0.1) is 19.7 Å². The Morgan fingerprint density at radius 1 is 1.11 bits per heavy atom. The number of para-hydroxylation sites is 2. The largest absolute Gasteiger partial charge is 0.309 e. The number of fused-ring (bicyclic) bond motifs is 1. The maximum atomic E-state index is 14.2. The quantitative estimate of drug-likeness (QED) is 0.701. The molecule has 0 saturated heterocycles. The normalized spacial score (nSPS) is 15.9. The molecule has 5 heteroatoms. The Morgan fingerprint density at radius 3 is 2.52 bits per heavy atom. The molecule has 4 nitrogen and oxygen atoms in total. The molecule has 0 radical (unpaired) electrons. The van der Waals surface area contributed by atoms with Gasteiger partial charge in [-0.1, -0.05) is 30.3 Å². The lowest BCUT2D eigenvalue weighted by molar-refractivity contribution is -0.118. The van der Waals surface area contributed by atoms with Gasteiger partial charge in [0.15, 0.2) is 0 Å². The molecule has 0 fully saturated rings. The molecule has 3 aromatic rings. The molecule has 0 N–H and O–H groups in total. The average molecular weight is 363 g/mol. The number of nitrogens with zero attached hydrogens (tertiary/aromatic N) is 3. The number of halogens is 1. The molecule has 1 aliphatic rings. The summed E-state index contributed by atoms with van der Waals surface area (Å²) in [6.07, 6.45) is 1.12. The summed E-state index contributed by atoms with van der Waals surface area (Å²) in [4.78, 5) is 15.0. The predicted molar refractivity (Wildman–Crippen MR) is 104 cm³/mol. The van der Waals surface area contributed by atoms with E-state index in [2.05, 4.69) is 18.1 Å². The number of carbonyl (C=O) groups is 1. The molecular weight excluding hydrogens is 341 g/mol. The van der Waals surface area contributed by atoms with Gasteiger partial charge in [0, 0.05) is 23.0 Å². The third-order valence-electron chi connectivity index (χ3n) is 5.33. The van der Waals surface area contributed by atoms with E-state index < -0.39 is 0 Å². The van der Waals surface area contributed by atoms with E-state index in [0.717, 1.165) is 29.1 Å². The van der Waals surface area contributed by atoms with Gasteiger partial charge >= 0.3 is 0 Å². The van der Waals surface area contributed by atoms with Crippen molar-refractivity contribution in [3.63, 3.8) is 0 Å². The molecule has 0 saturated carbocycles. The van der Waals surface area contributed by atoms with Gasteiger partial charge in [-0.25, -0.2) is 9.07 Å². The Morgan fingerprint density at radius 2 is 1.78 bits per heavy atom. The zero-order valence-corrected chi connectivity index (χ0v) is 15.7. The second kappa shape index (κ2) is 6.65. The number of anilines is 1. The second-order valence-electron chi connectivity index (χ2n) is 7.13. The standard InChI is InChI=1S/C22H22FN3O/c1-14-12-17-8-4-6-10-20(17)25(14)22(27)13-18-15(2)24-26(16(18)3)21-11-7-5-9-19(21)23/h4-11,14H,12-13H2,1-3H3. The van der Waals surface area contributed by atoms with E-state index in [9.17, 15) is 9.18 Å². The van der Waals surface area contributed by atoms with Crippen LogP contribution < -0.4 is 4.90 Å². The Hall–Kier alpha value is -2.95. The fourth-order valence-electron chi connectivity index (χ4n) is 3.97. The van der Waals surface area contributed by atoms with E-state index in [1.165, 1.54) is 11.6 Å². The molecule has 138 valence electrons. The maximum Gasteiger partial charge on any atom is 0.231 e. The minimum Gasteiger partial charge on any atom is -0.309 e. The number of hydrogen-bond acceptors (Lipinski definition) is 2. The fourth-order valence-corrected chi connectivity index (χ4v) is 3.97. The van der Waals surface area contributed by atoms with Gasteiger partial charge in [0.05, 0.1) is 12.1 Å². The van der Waals surface area contributed by atoms with Crippen molar-refractivity contribution >= 4 is 11.6 Å². The van der Waals surface area contributed by atoms with E-state index in [1.807, 2.05) is 36.9 Å². The van der Waals surface area contributed by atoms with Crippen molar-refractivity contribution in [2.45, 2.75) is 39.7 Å². The first-order chi connectivity index (χ1) is 13.0. The van der Waals surface area contributed by atoms with Crippen LogP contribution in [0.2, 0.25) is 0 Å². The van der Waals surface area contributed by atoms with Gasteiger partial charge in [0.1, 0.15) is 11.5 Å². The van der Waals surface area contributed by atoms with Crippen molar-refractivity contribution in [1.29, 1.82) is 0 Å². The molecular formula is C22H22FN3O. The van der Waals surface area contributed by atoms with Crippen LogP contribution in [0.1, 0.15) is 29.4 Å². The van der Waals surface area contributed by atoms with Gasteiger partial charge in [0.2, 0.25) is 5.91 Å². The van der Waals surface area contributed by atoms with Crippen LogP contribution in [0.3, 0.4) is 0 Å². The monoisotopic (exact) mass is 363 g/mol. The number of benzene rings is 2.